The van der Waals surface area contributed by atoms with Gasteiger partial charge in [-0.2, -0.15) is 0 Å². The SMILES string of the molecule is CCc1ccccc1NC(=O)C[NH+]1CCN(C(=O)COc2c(C)cc(C)cc2C)CC1. The molecule has 1 aliphatic rings. The molecule has 0 unspecified atom stereocenters. The van der Waals surface area contributed by atoms with E-state index in [1.54, 1.807) is 0 Å². The first-order chi connectivity index (χ1) is 14.9. The Kier molecular flexibility index (Phi) is 7.69. The minimum Gasteiger partial charge on any atom is -0.483 e. The first-order valence-electron chi connectivity index (χ1n) is 11.1. The van der Waals surface area contributed by atoms with Crippen LogP contribution in [0.25, 0.3) is 0 Å². The summed E-state index contributed by atoms with van der Waals surface area (Å²) in [5.41, 5.74) is 5.32. The number of carbonyl (C=O) groups is 2. The van der Waals surface area contributed by atoms with Crippen LogP contribution in [-0.4, -0.2) is 56.0 Å². The van der Waals surface area contributed by atoms with Crippen molar-refractivity contribution in [1.82, 2.24) is 4.90 Å². The summed E-state index contributed by atoms with van der Waals surface area (Å²) in [4.78, 5) is 28.1. The summed E-state index contributed by atoms with van der Waals surface area (Å²) in [6.07, 6.45) is 0.883. The Morgan fingerprint density at radius 1 is 1.06 bits per heavy atom. The number of hydrogen-bond donors (Lipinski definition) is 2. The smallest absolute Gasteiger partial charge is 0.279 e. The van der Waals surface area contributed by atoms with Crippen LogP contribution in [0, 0.1) is 20.8 Å². The van der Waals surface area contributed by atoms with E-state index in [2.05, 4.69) is 31.3 Å². The average Bonchev–Trinajstić information content (AvgIpc) is 2.73. The monoisotopic (exact) mass is 424 g/mol. The van der Waals surface area contributed by atoms with Crippen molar-refractivity contribution in [3.05, 3.63) is 58.7 Å². The Labute approximate surface area is 185 Å². The van der Waals surface area contributed by atoms with Gasteiger partial charge in [-0.05, 0) is 49.9 Å². The molecule has 1 saturated heterocycles. The van der Waals surface area contributed by atoms with Crippen LogP contribution in [0.3, 0.4) is 0 Å². The van der Waals surface area contributed by atoms with Gasteiger partial charge in [0.05, 0.1) is 26.2 Å². The lowest BCUT2D eigenvalue weighted by atomic mass is 10.1. The lowest BCUT2D eigenvalue weighted by Crippen LogP contribution is -3.15. The molecule has 0 bridgehead atoms. The number of hydrogen-bond acceptors (Lipinski definition) is 3. The van der Waals surface area contributed by atoms with Crippen molar-refractivity contribution in [3.63, 3.8) is 0 Å². The van der Waals surface area contributed by atoms with E-state index in [0.29, 0.717) is 19.6 Å². The Morgan fingerprint density at radius 2 is 1.71 bits per heavy atom. The van der Waals surface area contributed by atoms with Crippen LogP contribution >= 0.6 is 0 Å². The van der Waals surface area contributed by atoms with E-state index < -0.39 is 0 Å². The molecule has 0 radical (unpaired) electrons. The van der Waals surface area contributed by atoms with Gasteiger partial charge in [0, 0.05) is 5.69 Å². The molecule has 1 fully saturated rings. The minimum atomic E-state index is -0.000232. The first-order valence-corrected chi connectivity index (χ1v) is 11.1. The topological polar surface area (TPSA) is 63.1 Å². The summed E-state index contributed by atoms with van der Waals surface area (Å²) in [6.45, 7) is 11.4. The Balaban J connectivity index is 1.45. The van der Waals surface area contributed by atoms with Crippen molar-refractivity contribution in [1.29, 1.82) is 0 Å². The zero-order chi connectivity index (χ0) is 22.4. The highest BCUT2D eigenvalue weighted by Crippen LogP contribution is 2.24. The lowest BCUT2D eigenvalue weighted by molar-refractivity contribution is -0.895. The van der Waals surface area contributed by atoms with E-state index in [0.717, 1.165) is 47.6 Å². The van der Waals surface area contributed by atoms with Gasteiger partial charge in [0.15, 0.2) is 13.2 Å². The Morgan fingerprint density at radius 3 is 2.35 bits per heavy atom. The molecule has 0 saturated carbocycles. The van der Waals surface area contributed by atoms with Crippen LogP contribution in [-0.2, 0) is 16.0 Å². The molecular weight excluding hydrogens is 390 g/mol. The quantitative estimate of drug-likeness (QED) is 0.714. The molecule has 2 N–H and O–H groups in total. The molecule has 2 aromatic carbocycles. The van der Waals surface area contributed by atoms with E-state index in [1.165, 1.54) is 10.5 Å². The molecule has 0 aromatic heterocycles. The summed E-state index contributed by atoms with van der Waals surface area (Å²) < 4.78 is 5.86. The van der Waals surface area contributed by atoms with Crippen molar-refractivity contribution in [2.24, 2.45) is 0 Å². The molecule has 31 heavy (non-hydrogen) atoms. The molecule has 6 nitrogen and oxygen atoms in total. The molecule has 0 spiro atoms. The number of nitrogens with zero attached hydrogens (tertiary/aromatic N) is 1. The Bertz CT molecular complexity index is 910. The molecule has 1 heterocycles. The van der Waals surface area contributed by atoms with E-state index >= 15 is 0 Å². The maximum atomic E-state index is 12.6. The number of nitrogens with one attached hydrogen (secondary N) is 2. The number of benzene rings is 2. The Hall–Kier alpha value is -2.86. The first kappa shape index (κ1) is 22.8. The summed E-state index contributed by atoms with van der Waals surface area (Å²) in [6, 6.07) is 12.0. The van der Waals surface area contributed by atoms with Crippen molar-refractivity contribution >= 4 is 17.5 Å². The molecule has 166 valence electrons. The predicted octanol–water partition coefficient (Wildman–Crippen LogP) is 1.92. The fraction of sp³-hybridized carbons (Fsp3) is 0.440. The second kappa shape index (κ2) is 10.4. The maximum Gasteiger partial charge on any atom is 0.279 e. The van der Waals surface area contributed by atoms with E-state index in [9.17, 15) is 9.59 Å². The highest BCUT2D eigenvalue weighted by molar-refractivity contribution is 5.92. The van der Waals surface area contributed by atoms with Gasteiger partial charge in [0.2, 0.25) is 0 Å². The number of quaternary nitrogens is 1. The molecule has 3 rings (SSSR count). The molecule has 6 heteroatoms. The van der Waals surface area contributed by atoms with Crippen molar-refractivity contribution in [2.75, 3.05) is 44.6 Å². The summed E-state index contributed by atoms with van der Waals surface area (Å²) in [5.74, 6) is 0.816. The molecular formula is C25H34N3O3+. The summed E-state index contributed by atoms with van der Waals surface area (Å²) in [5, 5.41) is 3.04. The average molecular weight is 425 g/mol. The molecule has 2 amide bonds. The molecule has 1 aliphatic heterocycles. The van der Waals surface area contributed by atoms with Crippen molar-refractivity contribution < 1.29 is 19.2 Å². The van der Waals surface area contributed by atoms with Gasteiger partial charge < -0.3 is 19.9 Å². The molecule has 0 atom stereocenters. The number of amides is 2. The second-order valence-electron chi connectivity index (χ2n) is 8.38. The standard InChI is InChI=1S/C25H33N3O3/c1-5-21-8-6-7-9-22(21)26-23(29)16-27-10-12-28(13-11-27)24(30)17-31-25-19(3)14-18(2)15-20(25)4/h6-9,14-15H,5,10-13,16-17H2,1-4H3,(H,26,29)/p+1. The number of carbonyl (C=O) groups excluding carboxylic acids is 2. The number of ether oxygens (including phenoxy) is 1. The van der Waals surface area contributed by atoms with Gasteiger partial charge in [0.1, 0.15) is 5.75 Å². The summed E-state index contributed by atoms with van der Waals surface area (Å²) >= 11 is 0. The number of para-hydroxylation sites is 1. The zero-order valence-electron chi connectivity index (χ0n) is 19.1. The number of rotatable bonds is 7. The third kappa shape index (κ3) is 6.07. The number of anilines is 1. The van der Waals surface area contributed by atoms with Crippen molar-refractivity contribution in [2.45, 2.75) is 34.1 Å². The van der Waals surface area contributed by atoms with E-state index in [-0.39, 0.29) is 18.4 Å². The normalized spacial score (nSPS) is 14.4. The highest BCUT2D eigenvalue weighted by atomic mass is 16.5. The fourth-order valence-corrected chi connectivity index (χ4v) is 4.24. The van der Waals surface area contributed by atoms with Gasteiger partial charge >= 0.3 is 0 Å². The van der Waals surface area contributed by atoms with Gasteiger partial charge in [-0.15, -0.1) is 0 Å². The molecule has 2 aromatic rings. The van der Waals surface area contributed by atoms with Gasteiger partial charge in [-0.25, -0.2) is 0 Å². The third-order valence-corrected chi connectivity index (χ3v) is 5.85. The summed E-state index contributed by atoms with van der Waals surface area (Å²) in [7, 11) is 0. The minimum absolute atomic E-state index is 0.000232. The van der Waals surface area contributed by atoms with Crippen molar-refractivity contribution in [3.8, 4) is 5.75 Å². The lowest BCUT2D eigenvalue weighted by Gasteiger charge is -2.32. The predicted molar refractivity (Wildman–Crippen MR) is 123 cm³/mol. The zero-order valence-corrected chi connectivity index (χ0v) is 19.1. The molecule has 0 aliphatic carbocycles. The number of aryl methyl sites for hydroxylation is 4. The van der Waals surface area contributed by atoms with E-state index in [1.807, 2.05) is 43.0 Å². The van der Waals surface area contributed by atoms with Crippen LogP contribution in [0.5, 0.6) is 5.75 Å². The fourth-order valence-electron chi connectivity index (χ4n) is 4.24. The van der Waals surface area contributed by atoms with Crippen LogP contribution in [0.1, 0.15) is 29.2 Å². The maximum absolute atomic E-state index is 12.6. The third-order valence-electron chi connectivity index (χ3n) is 5.85. The largest absolute Gasteiger partial charge is 0.483 e. The van der Waals surface area contributed by atoms with E-state index in [4.69, 9.17) is 4.74 Å². The van der Waals surface area contributed by atoms with Gasteiger partial charge in [-0.3, -0.25) is 9.59 Å². The van der Waals surface area contributed by atoms with Crippen LogP contribution in [0.15, 0.2) is 36.4 Å². The van der Waals surface area contributed by atoms with Crippen LogP contribution in [0.2, 0.25) is 0 Å². The van der Waals surface area contributed by atoms with Gasteiger partial charge in [0.25, 0.3) is 11.8 Å². The highest BCUT2D eigenvalue weighted by Gasteiger charge is 2.25. The van der Waals surface area contributed by atoms with Gasteiger partial charge in [-0.1, -0.05) is 42.8 Å². The van der Waals surface area contributed by atoms with Crippen LogP contribution < -0.4 is 15.0 Å². The van der Waals surface area contributed by atoms with Crippen LogP contribution in [0.4, 0.5) is 5.69 Å². The second-order valence-corrected chi connectivity index (χ2v) is 8.38. The number of piperazine rings is 1.